The lowest BCUT2D eigenvalue weighted by atomic mass is 10.4. The van der Waals surface area contributed by atoms with Gasteiger partial charge in [-0.1, -0.05) is 37.1 Å². The van der Waals surface area contributed by atoms with Gasteiger partial charge in [-0.15, -0.1) is 0 Å². The van der Waals surface area contributed by atoms with Crippen molar-refractivity contribution in [2.24, 2.45) is 0 Å². The Morgan fingerprint density at radius 3 is 2.13 bits per heavy atom. The highest BCUT2D eigenvalue weighted by Gasteiger charge is 2.33. The third-order valence-electron chi connectivity index (χ3n) is 3.80. The zero-order chi connectivity index (χ0) is 17.1. The summed E-state index contributed by atoms with van der Waals surface area (Å²) in [6.07, 6.45) is 1.42. The lowest BCUT2D eigenvalue weighted by Crippen LogP contribution is -2.50. The summed E-state index contributed by atoms with van der Waals surface area (Å²) >= 11 is 5.97. The fourth-order valence-electron chi connectivity index (χ4n) is 2.44. The van der Waals surface area contributed by atoms with E-state index in [0.717, 1.165) is 6.42 Å². The zero-order valence-corrected chi connectivity index (χ0v) is 15.4. The van der Waals surface area contributed by atoms with Gasteiger partial charge in [-0.25, -0.2) is 16.8 Å². The molecule has 0 unspecified atom stereocenters. The van der Waals surface area contributed by atoms with E-state index in [4.69, 9.17) is 11.6 Å². The maximum atomic E-state index is 12.6. The van der Waals surface area contributed by atoms with Crippen molar-refractivity contribution in [2.45, 2.75) is 24.7 Å². The Bertz CT molecular complexity index is 742. The maximum Gasteiger partial charge on any atom is 0.244 e. The smallest absolute Gasteiger partial charge is 0.212 e. The van der Waals surface area contributed by atoms with Crippen LogP contribution in [-0.4, -0.2) is 57.4 Å². The molecule has 1 saturated heterocycles. The molecular weight excluding hydrogens is 360 g/mol. The van der Waals surface area contributed by atoms with Crippen LogP contribution in [0.25, 0.3) is 0 Å². The molecule has 0 saturated carbocycles. The van der Waals surface area contributed by atoms with Gasteiger partial charge >= 0.3 is 0 Å². The van der Waals surface area contributed by atoms with Crippen LogP contribution in [0.4, 0.5) is 0 Å². The fourth-order valence-corrected chi connectivity index (χ4v) is 5.98. The first-order valence-corrected chi connectivity index (χ1v) is 10.9. The minimum atomic E-state index is -3.70. The summed E-state index contributed by atoms with van der Waals surface area (Å²) < 4.78 is 52.2. The van der Waals surface area contributed by atoms with E-state index in [1.54, 1.807) is 12.1 Å². The van der Waals surface area contributed by atoms with Crippen LogP contribution in [0.5, 0.6) is 0 Å². The minimum Gasteiger partial charge on any atom is -0.212 e. The van der Waals surface area contributed by atoms with Crippen LogP contribution in [0.1, 0.15) is 19.8 Å². The van der Waals surface area contributed by atoms with E-state index in [1.807, 2.05) is 6.92 Å². The summed E-state index contributed by atoms with van der Waals surface area (Å²) in [7, 11) is -7.00. The van der Waals surface area contributed by atoms with Crippen molar-refractivity contribution in [1.82, 2.24) is 8.61 Å². The van der Waals surface area contributed by atoms with E-state index in [-0.39, 0.29) is 41.8 Å². The fraction of sp³-hybridized carbons (Fsp3) is 0.571. The standard InChI is InChI=1S/C14H21ClN2O4S2/c1-2-3-12-22(18,19)16-8-10-17(11-9-16)23(20,21)14-7-5-4-6-13(14)15/h4-7H,2-3,8-12H2,1H3. The molecule has 130 valence electrons. The molecule has 0 bridgehead atoms. The van der Waals surface area contributed by atoms with Crippen LogP contribution in [0.3, 0.4) is 0 Å². The Morgan fingerprint density at radius 2 is 1.57 bits per heavy atom. The average Bonchev–Trinajstić information content (AvgIpc) is 2.53. The largest absolute Gasteiger partial charge is 0.244 e. The third kappa shape index (κ3) is 4.24. The van der Waals surface area contributed by atoms with Gasteiger partial charge < -0.3 is 0 Å². The number of rotatable bonds is 6. The molecule has 0 N–H and O–H groups in total. The summed E-state index contributed by atoms with van der Waals surface area (Å²) in [6.45, 7) is 2.56. The Balaban J connectivity index is 2.09. The summed E-state index contributed by atoms with van der Waals surface area (Å²) in [5.74, 6) is 0.112. The number of hydrogen-bond donors (Lipinski definition) is 0. The first kappa shape index (κ1) is 18.7. The van der Waals surface area contributed by atoms with Gasteiger partial charge in [0.05, 0.1) is 10.8 Å². The van der Waals surface area contributed by atoms with Crippen molar-refractivity contribution in [1.29, 1.82) is 0 Å². The van der Waals surface area contributed by atoms with E-state index >= 15 is 0 Å². The molecule has 1 heterocycles. The molecule has 1 aromatic rings. The number of benzene rings is 1. The van der Waals surface area contributed by atoms with Crippen molar-refractivity contribution in [3.05, 3.63) is 29.3 Å². The molecule has 1 aliphatic rings. The summed E-state index contributed by atoms with van der Waals surface area (Å²) in [4.78, 5) is 0.0592. The van der Waals surface area contributed by atoms with E-state index < -0.39 is 20.0 Å². The highest BCUT2D eigenvalue weighted by Crippen LogP contribution is 2.25. The summed E-state index contributed by atoms with van der Waals surface area (Å²) in [6, 6.07) is 6.27. The predicted molar refractivity (Wildman–Crippen MR) is 90.5 cm³/mol. The summed E-state index contributed by atoms with van der Waals surface area (Å²) in [5, 5.41) is 0.172. The number of unbranched alkanes of at least 4 members (excludes halogenated alkanes) is 1. The topological polar surface area (TPSA) is 74.8 Å². The predicted octanol–water partition coefficient (Wildman–Crippen LogP) is 1.78. The minimum absolute atomic E-state index is 0.0592. The molecule has 9 heteroatoms. The number of halogens is 1. The summed E-state index contributed by atoms with van der Waals surface area (Å²) in [5.41, 5.74) is 0. The molecule has 23 heavy (non-hydrogen) atoms. The first-order valence-electron chi connectivity index (χ1n) is 7.51. The monoisotopic (exact) mass is 380 g/mol. The quantitative estimate of drug-likeness (QED) is 0.753. The van der Waals surface area contributed by atoms with Gasteiger partial charge in [-0.2, -0.15) is 8.61 Å². The van der Waals surface area contributed by atoms with Crippen LogP contribution in [-0.2, 0) is 20.0 Å². The number of hydrogen-bond acceptors (Lipinski definition) is 4. The third-order valence-corrected chi connectivity index (χ3v) is 8.16. The van der Waals surface area contributed by atoms with Gasteiger partial charge in [0.2, 0.25) is 20.0 Å². The molecule has 1 aromatic carbocycles. The SMILES string of the molecule is CCCCS(=O)(=O)N1CCN(S(=O)(=O)c2ccccc2Cl)CC1. The molecule has 6 nitrogen and oxygen atoms in total. The van der Waals surface area contributed by atoms with Gasteiger partial charge in [0.15, 0.2) is 0 Å². The maximum absolute atomic E-state index is 12.6. The second-order valence-corrected chi connectivity index (χ2v) is 9.81. The Labute approximate surface area is 143 Å². The highest BCUT2D eigenvalue weighted by molar-refractivity contribution is 7.89. The lowest BCUT2D eigenvalue weighted by molar-refractivity contribution is 0.272. The molecule has 0 radical (unpaired) electrons. The molecular formula is C14H21ClN2O4S2. The second kappa shape index (κ2) is 7.48. The molecule has 1 fully saturated rings. The van der Waals surface area contributed by atoms with Crippen LogP contribution in [0.15, 0.2) is 29.2 Å². The van der Waals surface area contributed by atoms with Gasteiger partial charge in [-0.3, -0.25) is 0 Å². The number of piperazine rings is 1. The Kier molecular flexibility index (Phi) is 6.07. The molecule has 2 rings (SSSR count). The molecule has 0 amide bonds. The van der Waals surface area contributed by atoms with Crippen molar-refractivity contribution >= 4 is 31.6 Å². The van der Waals surface area contributed by atoms with Gasteiger partial charge in [0.1, 0.15) is 4.90 Å². The molecule has 0 aromatic heterocycles. The highest BCUT2D eigenvalue weighted by atomic mass is 35.5. The van der Waals surface area contributed by atoms with Crippen LogP contribution in [0.2, 0.25) is 5.02 Å². The van der Waals surface area contributed by atoms with Crippen molar-refractivity contribution in [3.8, 4) is 0 Å². The van der Waals surface area contributed by atoms with E-state index in [9.17, 15) is 16.8 Å². The normalized spacial score (nSPS) is 18.2. The van der Waals surface area contributed by atoms with Crippen LogP contribution >= 0.6 is 11.6 Å². The Hall–Kier alpha value is -0.670. The van der Waals surface area contributed by atoms with Crippen LogP contribution in [0, 0.1) is 0 Å². The van der Waals surface area contributed by atoms with E-state index in [0.29, 0.717) is 6.42 Å². The lowest BCUT2D eigenvalue weighted by Gasteiger charge is -2.33. The van der Waals surface area contributed by atoms with Crippen molar-refractivity contribution in [2.75, 3.05) is 31.9 Å². The van der Waals surface area contributed by atoms with Crippen LogP contribution < -0.4 is 0 Å². The number of nitrogens with zero attached hydrogens (tertiary/aromatic N) is 2. The van der Waals surface area contributed by atoms with E-state index in [1.165, 1.54) is 20.7 Å². The second-order valence-electron chi connectivity index (χ2n) is 5.40. The van der Waals surface area contributed by atoms with Gasteiger partial charge in [0, 0.05) is 26.2 Å². The van der Waals surface area contributed by atoms with Crippen molar-refractivity contribution < 1.29 is 16.8 Å². The van der Waals surface area contributed by atoms with Crippen molar-refractivity contribution in [3.63, 3.8) is 0 Å². The molecule has 0 atom stereocenters. The number of sulfonamides is 2. The van der Waals surface area contributed by atoms with E-state index in [2.05, 4.69) is 0 Å². The molecule has 0 aliphatic carbocycles. The average molecular weight is 381 g/mol. The van der Waals surface area contributed by atoms with Gasteiger partial charge in [0.25, 0.3) is 0 Å². The Morgan fingerprint density at radius 1 is 1.00 bits per heavy atom. The zero-order valence-electron chi connectivity index (χ0n) is 13.0. The van der Waals surface area contributed by atoms with Gasteiger partial charge in [-0.05, 0) is 18.6 Å². The molecule has 1 aliphatic heterocycles. The molecule has 0 spiro atoms. The first-order chi connectivity index (χ1) is 10.8.